The van der Waals surface area contributed by atoms with Gasteiger partial charge in [-0.25, -0.2) is 4.79 Å². The van der Waals surface area contributed by atoms with E-state index >= 15 is 0 Å². The van der Waals surface area contributed by atoms with Crippen molar-refractivity contribution in [3.8, 4) is 0 Å². The average molecular weight is 343 g/mol. The molecule has 3 N–H and O–H groups in total. The van der Waals surface area contributed by atoms with Crippen LogP contribution in [-0.4, -0.2) is 30.4 Å². The van der Waals surface area contributed by atoms with Gasteiger partial charge in [-0.05, 0) is 24.5 Å². The first-order chi connectivity index (χ1) is 11.3. The molecular weight excluding hydrogens is 327 g/mol. The Morgan fingerprint density at radius 3 is 2.75 bits per heavy atom. The third-order valence-corrected chi connectivity index (χ3v) is 3.50. The second-order valence-electron chi connectivity index (χ2n) is 5.35. The fourth-order valence-electron chi connectivity index (χ4n) is 2.28. The largest absolute Gasteiger partial charge is 0.416 e. The lowest BCUT2D eigenvalue weighted by Crippen LogP contribution is -2.48. The Labute approximate surface area is 135 Å². The summed E-state index contributed by atoms with van der Waals surface area (Å²) in [5, 5.41) is 6.96. The Kier molecular flexibility index (Phi) is 5.42. The van der Waals surface area contributed by atoms with E-state index in [1.165, 1.54) is 12.1 Å². The van der Waals surface area contributed by atoms with Crippen LogP contribution in [0.5, 0.6) is 0 Å². The first-order valence-corrected chi connectivity index (χ1v) is 7.30. The number of amides is 4. The van der Waals surface area contributed by atoms with Gasteiger partial charge in [0.05, 0.1) is 5.56 Å². The van der Waals surface area contributed by atoms with Gasteiger partial charge in [0.1, 0.15) is 6.04 Å². The maximum absolute atomic E-state index is 12.6. The predicted octanol–water partition coefficient (Wildman–Crippen LogP) is 1.35. The number of carbonyl (C=O) groups is 3. The summed E-state index contributed by atoms with van der Waals surface area (Å²) < 4.78 is 37.9. The molecule has 4 amide bonds. The molecule has 1 aliphatic rings. The lowest BCUT2D eigenvalue weighted by Gasteiger charge is -2.15. The zero-order chi connectivity index (χ0) is 17.7. The molecule has 0 spiro atoms. The highest BCUT2D eigenvalue weighted by molar-refractivity contribution is 5.98. The van der Waals surface area contributed by atoms with Crippen molar-refractivity contribution in [1.29, 1.82) is 0 Å². The molecule has 0 saturated carbocycles. The van der Waals surface area contributed by atoms with Crippen molar-refractivity contribution in [2.75, 3.05) is 6.54 Å². The number of nitrogens with one attached hydrogen (secondary N) is 3. The summed E-state index contributed by atoms with van der Waals surface area (Å²) in [7, 11) is 0. The fraction of sp³-hybridized carbons (Fsp3) is 0.400. The molecule has 0 aromatic heterocycles. The number of benzene rings is 1. The Balaban J connectivity index is 1.86. The number of rotatable bonds is 4. The summed E-state index contributed by atoms with van der Waals surface area (Å²) in [4.78, 5) is 34.5. The van der Waals surface area contributed by atoms with Gasteiger partial charge in [-0.2, -0.15) is 13.2 Å². The summed E-state index contributed by atoms with van der Waals surface area (Å²) in [6.45, 7) is 0.119. The van der Waals surface area contributed by atoms with Gasteiger partial charge in [-0.15, -0.1) is 0 Å². The Morgan fingerprint density at radius 2 is 2.04 bits per heavy atom. The molecule has 9 heteroatoms. The maximum atomic E-state index is 12.6. The van der Waals surface area contributed by atoms with E-state index in [2.05, 4.69) is 16.0 Å². The van der Waals surface area contributed by atoms with Crippen molar-refractivity contribution in [3.05, 3.63) is 35.4 Å². The minimum Gasteiger partial charge on any atom is -0.354 e. The zero-order valence-corrected chi connectivity index (χ0v) is 12.6. The van der Waals surface area contributed by atoms with Crippen LogP contribution in [0.25, 0.3) is 0 Å². The predicted molar refractivity (Wildman–Crippen MR) is 77.9 cm³/mol. The molecule has 1 aliphatic heterocycles. The normalized spacial score (nSPS) is 18.4. The maximum Gasteiger partial charge on any atom is 0.416 e. The molecule has 1 aromatic carbocycles. The second kappa shape index (κ2) is 7.33. The first-order valence-electron chi connectivity index (χ1n) is 7.30. The number of carbonyl (C=O) groups excluding carboxylic acids is 3. The molecular formula is C15H16F3N3O3. The SMILES string of the molecule is O=C1CC[C@@H](C(=O)NCCc2cccc(C(F)(F)F)c2)NC(=O)N1. The fourth-order valence-corrected chi connectivity index (χ4v) is 2.28. The van der Waals surface area contributed by atoms with E-state index in [0.717, 1.165) is 12.1 Å². The molecule has 0 bridgehead atoms. The van der Waals surface area contributed by atoms with E-state index in [0.29, 0.717) is 5.56 Å². The summed E-state index contributed by atoms with van der Waals surface area (Å²) in [5.41, 5.74) is -0.307. The molecule has 1 aromatic rings. The Morgan fingerprint density at radius 1 is 1.29 bits per heavy atom. The molecule has 1 fully saturated rings. The van der Waals surface area contributed by atoms with Crippen LogP contribution >= 0.6 is 0 Å². The molecule has 1 heterocycles. The Hall–Kier alpha value is -2.58. The van der Waals surface area contributed by atoms with E-state index in [1.807, 2.05) is 0 Å². The molecule has 1 saturated heterocycles. The van der Waals surface area contributed by atoms with Gasteiger partial charge in [0.2, 0.25) is 11.8 Å². The first kappa shape index (κ1) is 17.8. The van der Waals surface area contributed by atoms with Crippen LogP contribution in [0.4, 0.5) is 18.0 Å². The van der Waals surface area contributed by atoms with E-state index in [9.17, 15) is 27.6 Å². The van der Waals surface area contributed by atoms with Crippen molar-refractivity contribution in [2.45, 2.75) is 31.5 Å². The molecule has 0 aliphatic carbocycles. The van der Waals surface area contributed by atoms with Gasteiger partial charge in [0, 0.05) is 13.0 Å². The zero-order valence-electron chi connectivity index (χ0n) is 12.6. The topological polar surface area (TPSA) is 87.3 Å². The van der Waals surface area contributed by atoms with Crippen LogP contribution in [0, 0.1) is 0 Å². The third-order valence-electron chi connectivity index (χ3n) is 3.50. The average Bonchev–Trinajstić information content (AvgIpc) is 2.67. The molecule has 1 atom stereocenters. The highest BCUT2D eigenvalue weighted by Gasteiger charge is 2.30. The number of hydrogen-bond acceptors (Lipinski definition) is 3. The lowest BCUT2D eigenvalue weighted by atomic mass is 10.1. The molecule has 2 rings (SSSR count). The van der Waals surface area contributed by atoms with E-state index in [1.54, 1.807) is 0 Å². The van der Waals surface area contributed by atoms with Gasteiger partial charge in [-0.3, -0.25) is 14.9 Å². The van der Waals surface area contributed by atoms with Gasteiger partial charge in [0.25, 0.3) is 0 Å². The van der Waals surface area contributed by atoms with Gasteiger partial charge in [-0.1, -0.05) is 18.2 Å². The summed E-state index contributed by atoms with van der Waals surface area (Å²) in [5.74, 6) is -0.946. The van der Waals surface area contributed by atoms with Crippen LogP contribution in [-0.2, 0) is 22.2 Å². The third kappa shape index (κ3) is 4.97. The smallest absolute Gasteiger partial charge is 0.354 e. The van der Waals surface area contributed by atoms with E-state index < -0.39 is 35.6 Å². The number of imide groups is 1. The minimum atomic E-state index is -4.41. The van der Waals surface area contributed by atoms with Crippen molar-refractivity contribution in [1.82, 2.24) is 16.0 Å². The summed E-state index contributed by atoms with van der Waals surface area (Å²) in [6.07, 6.45) is -4.01. The molecule has 0 radical (unpaired) electrons. The van der Waals surface area contributed by atoms with Gasteiger partial charge >= 0.3 is 12.2 Å². The summed E-state index contributed by atoms with van der Waals surface area (Å²) >= 11 is 0. The Bertz CT molecular complexity index is 646. The molecule has 130 valence electrons. The minimum absolute atomic E-state index is 0.0322. The van der Waals surface area contributed by atoms with E-state index in [-0.39, 0.29) is 25.8 Å². The number of hydrogen-bond donors (Lipinski definition) is 3. The number of urea groups is 1. The highest BCUT2D eigenvalue weighted by Crippen LogP contribution is 2.29. The molecule has 0 unspecified atom stereocenters. The number of alkyl halides is 3. The second-order valence-corrected chi connectivity index (χ2v) is 5.35. The quantitative estimate of drug-likeness (QED) is 0.771. The number of halogens is 3. The van der Waals surface area contributed by atoms with Crippen molar-refractivity contribution in [2.24, 2.45) is 0 Å². The molecule has 24 heavy (non-hydrogen) atoms. The van der Waals surface area contributed by atoms with Crippen LogP contribution in [0.15, 0.2) is 24.3 Å². The van der Waals surface area contributed by atoms with Crippen molar-refractivity contribution >= 4 is 17.8 Å². The standard InChI is InChI=1S/C15H16F3N3O3/c16-15(17,18)10-3-1-2-9(8-10)6-7-19-13(23)11-4-5-12(22)21-14(24)20-11/h1-3,8,11H,4-7H2,(H,19,23)(H2,20,21,22,24)/t11-/m0/s1. The lowest BCUT2D eigenvalue weighted by molar-refractivity contribution is -0.137. The van der Waals surface area contributed by atoms with Crippen LogP contribution in [0.1, 0.15) is 24.0 Å². The van der Waals surface area contributed by atoms with Gasteiger partial charge in [0.15, 0.2) is 0 Å². The molecule has 6 nitrogen and oxygen atoms in total. The van der Waals surface area contributed by atoms with Crippen molar-refractivity contribution in [3.63, 3.8) is 0 Å². The summed E-state index contributed by atoms with van der Waals surface area (Å²) in [6, 6.07) is 3.27. The monoisotopic (exact) mass is 343 g/mol. The van der Waals surface area contributed by atoms with Crippen molar-refractivity contribution < 1.29 is 27.6 Å². The highest BCUT2D eigenvalue weighted by atomic mass is 19.4. The van der Waals surface area contributed by atoms with Gasteiger partial charge < -0.3 is 10.6 Å². The van der Waals surface area contributed by atoms with E-state index in [4.69, 9.17) is 0 Å². The van der Waals surface area contributed by atoms with Crippen LogP contribution < -0.4 is 16.0 Å². The van der Waals surface area contributed by atoms with Crippen LogP contribution in [0.3, 0.4) is 0 Å². The van der Waals surface area contributed by atoms with Crippen LogP contribution in [0.2, 0.25) is 0 Å².